The average Bonchev–Trinajstić information content (AvgIpc) is 2.75. The summed E-state index contributed by atoms with van der Waals surface area (Å²) in [6.07, 6.45) is 3.49. The molecule has 1 aliphatic rings. The third kappa shape index (κ3) is 3.72. The van der Waals surface area contributed by atoms with Gasteiger partial charge in [0.2, 0.25) is 0 Å². The Kier molecular flexibility index (Phi) is 5.10. The Morgan fingerprint density at radius 3 is 2.89 bits per heavy atom. The number of halogens is 3. The zero-order valence-corrected chi connectivity index (χ0v) is 13.7. The van der Waals surface area contributed by atoms with Crippen molar-refractivity contribution in [3.05, 3.63) is 33.3 Å². The molecule has 0 aromatic heterocycles. The Hall–Kier alpha value is -0.0600. The smallest absolute Gasteiger partial charge is 0.252 e. The lowest BCUT2D eigenvalue weighted by molar-refractivity contribution is 0.0947. The van der Waals surface area contributed by atoms with E-state index in [1.807, 2.05) is 6.07 Å². The number of benzene rings is 1. The van der Waals surface area contributed by atoms with Crippen LogP contribution in [0.4, 0.5) is 0 Å². The molecule has 1 aromatic carbocycles. The van der Waals surface area contributed by atoms with E-state index in [0.29, 0.717) is 21.3 Å². The standard InChI is InChI=1S/C13H14Br2ClNO/c14-9-2-1-8(5-9)7-17-13(18)11-6-10(15)3-4-12(11)16/h3-4,6,8-9H,1-2,5,7H2,(H,17,18). The number of hydrogen-bond donors (Lipinski definition) is 1. The number of nitrogens with one attached hydrogen (secondary N) is 1. The highest BCUT2D eigenvalue weighted by molar-refractivity contribution is 9.10. The van der Waals surface area contributed by atoms with Gasteiger partial charge in [-0.15, -0.1) is 0 Å². The lowest BCUT2D eigenvalue weighted by Crippen LogP contribution is -2.28. The van der Waals surface area contributed by atoms with Crippen LogP contribution in [0, 0.1) is 5.92 Å². The van der Waals surface area contributed by atoms with Gasteiger partial charge in [0.1, 0.15) is 0 Å². The van der Waals surface area contributed by atoms with Crippen LogP contribution in [-0.4, -0.2) is 17.3 Å². The Bertz CT molecular complexity index is 453. The number of carbonyl (C=O) groups excluding carboxylic acids is 1. The number of alkyl halides is 1. The SMILES string of the molecule is O=C(NCC1CCC(Br)C1)c1cc(Br)ccc1Cl. The number of amides is 1. The highest BCUT2D eigenvalue weighted by atomic mass is 79.9. The summed E-state index contributed by atoms with van der Waals surface area (Å²) in [6, 6.07) is 5.30. The lowest BCUT2D eigenvalue weighted by atomic mass is 10.1. The third-order valence-corrected chi connectivity index (χ3v) is 4.86. The molecule has 98 valence electrons. The molecule has 1 aromatic rings. The van der Waals surface area contributed by atoms with E-state index in [9.17, 15) is 4.79 Å². The van der Waals surface area contributed by atoms with Crippen LogP contribution in [-0.2, 0) is 0 Å². The highest BCUT2D eigenvalue weighted by Crippen LogP contribution is 2.30. The van der Waals surface area contributed by atoms with Crippen LogP contribution in [0.1, 0.15) is 29.6 Å². The molecule has 1 N–H and O–H groups in total. The van der Waals surface area contributed by atoms with Gasteiger partial charge in [-0.05, 0) is 43.4 Å². The van der Waals surface area contributed by atoms with Crippen molar-refractivity contribution in [2.24, 2.45) is 5.92 Å². The Balaban J connectivity index is 1.93. The van der Waals surface area contributed by atoms with Crippen LogP contribution >= 0.6 is 43.5 Å². The number of rotatable bonds is 3. The van der Waals surface area contributed by atoms with E-state index < -0.39 is 0 Å². The zero-order valence-electron chi connectivity index (χ0n) is 9.76. The quantitative estimate of drug-likeness (QED) is 0.756. The highest BCUT2D eigenvalue weighted by Gasteiger charge is 2.23. The molecule has 0 aliphatic heterocycles. The van der Waals surface area contributed by atoms with Gasteiger partial charge in [-0.25, -0.2) is 0 Å². The van der Waals surface area contributed by atoms with Gasteiger partial charge >= 0.3 is 0 Å². The summed E-state index contributed by atoms with van der Waals surface area (Å²) < 4.78 is 0.860. The summed E-state index contributed by atoms with van der Waals surface area (Å²) in [7, 11) is 0. The number of hydrogen-bond acceptors (Lipinski definition) is 1. The van der Waals surface area contributed by atoms with E-state index in [1.54, 1.807) is 12.1 Å². The first kappa shape index (κ1) is 14.4. The molecule has 0 bridgehead atoms. The van der Waals surface area contributed by atoms with Crippen LogP contribution in [0.2, 0.25) is 5.02 Å². The van der Waals surface area contributed by atoms with Crippen LogP contribution in [0.5, 0.6) is 0 Å². The molecule has 0 saturated heterocycles. The molecule has 0 heterocycles. The second-order valence-electron chi connectivity index (χ2n) is 4.61. The van der Waals surface area contributed by atoms with Gasteiger partial charge in [-0.3, -0.25) is 4.79 Å². The number of carbonyl (C=O) groups is 1. The van der Waals surface area contributed by atoms with Crippen LogP contribution in [0.3, 0.4) is 0 Å². The van der Waals surface area contributed by atoms with Crippen molar-refractivity contribution < 1.29 is 4.79 Å². The topological polar surface area (TPSA) is 29.1 Å². The van der Waals surface area contributed by atoms with Crippen molar-refractivity contribution in [3.8, 4) is 0 Å². The average molecular weight is 396 g/mol. The van der Waals surface area contributed by atoms with Crippen molar-refractivity contribution in [1.82, 2.24) is 5.32 Å². The molecule has 2 nitrogen and oxygen atoms in total. The largest absolute Gasteiger partial charge is 0.352 e. The molecule has 18 heavy (non-hydrogen) atoms. The fourth-order valence-corrected chi connectivity index (χ4v) is 3.56. The molecule has 2 rings (SSSR count). The van der Waals surface area contributed by atoms with Crippen LogP contribution in [0.25, 0.3) is 0 Å². The zero-order chi connectivity index (χ0) is 13.1. The van der Waals surface area contributed by atoms with E-state index in [-0.39, 0.29) is 5.91 Å². The second kappa shape index (κ2) is 6.40. The van der Waals surface area contributed by atoms with Crippen LogP contribution < -0.4 is 5.32 Å². The summed E-state index contributed by atoms with van der Waals surface area (Å²) in [5, 5.41) is 3.45. The molecule has 0 radical (unpaired) electrons. The predicted molar refractivity (Wildman–Crippen MR) is 81.5 cm³/mol. The van der Waals surface area contributed by atoms with E-state index in [2.05, 4.69) is 37.2 Å². The molecule has 2 atom stereocenters. The molecular weight excluding hydrogens is 381 g/mol. The Morgan fingerprint density at radius 2 is 2.22 bits per heavy atom. The molecule has 5 heteroatoms. The first-order valence-electron chi connectivity index (χ1n) is 5.93. The maximum Gasteiger partial charge on any atom is 0.252 e. The first-order valence-corrected chi connectivity index (χ1v) is 8.02. The molecule has 2 unspecified atom stereocenters. The van der Waals surface area contributed by atoms with Gasteiger partial charge in [0.05, 0.1) is 10.6 Å². The minimum absolute atomic E-state index is 0.0978. The van der Waals surface area contributed by atoms with Gasteiger partial charge in [0, 0.05) is 15.8 Å². The Morgan fingerprint density at radius 1 is 1.44 bits per heavy atom. The minimum atomic E-state index is -0.0978. The van der Waals surface area contributed by atoms with E-state index in [0.717, 1.165) is 17.4 Å². The summed E-state index contributed by atoms with van der Waals surface area (Å²) in [6.45, 7) is 0.726. The van der Waals surface area contributed by atoms with Gasteiger partial charge < -0.3 is 5.32 Å². The molecular formula is C13H14Br2ClNO. The van der Waals surface area contributed by atoms with Gasteiger partial charge in [-0.2, -0.15) is 0 Å². The molecule has 0 spiro atoms. The Labute approximate surface area is 129 Å². The molecule has 1 saturated carbocycles. The van der Waals surface area contributed by atoms with Crippen LogP contribution in [0.15, 0.2) is 22.7 Å². The van der Waals surface area contributed by atoms with Crippen molar-refractivity contribution in [3.63, 3.8) is 0 Å². The maximum absolute atomic E-state index is 12.0. The fourth-order valence-electron chi connectivity index (χ4n) is 2.20. The maximum atomic E-state index is 12.0. The minimum Gasteiger partial charge on any atom is -0.352 e. The second-order valence-corrected chi connectivity index (χ2v) is 7.23. The molecule has 1 fully saturated rings. The van der Waals surface area contributed by atoms with Crippen molar-refractivity contribution in [2.75, 3.05) is 6.54 Å². The first-order chi connectivity index (χ1) is 8.56. The monoisotopic (exact) mass is 393 g/mol. The predicted octanol–water partition coefficient (Wildman–Crippen LogP) is 4.40. The molecule has 1 amide bonds. The van der Waals surface area contributed by atoms with E-state index in [4.69, 9.17) is 11.6 Å². The van der Waals surface area contributed by atoms with Crippen molar-refractivity contribution >= 4 is 49.4 Å². The molecule has 1 aliphatic carbocycles. The summed E-state index contributed by atoms with van der Waals surface area (Å²) in [5.74, 6) is 0.476. The van der Waals surface area contributed by atoms with E-state index in [1.165, 1.54) is 12.8 Å². The summed E-state index contributed by atoms with van der Waals surface area (Å²) in [5.41, 5.74) is 0.527. The summed E-state index contributed by atoms with van der Waals surface area (Å²) >= 11 is 13.0. The van der Waals surface area contributed by atoms with Gasteiger partial charge in [-0.1, -0.05) is 43.5 Å². The van der Waals surface area contributed by atoms with Gasteiger partial charge in [0.15, 0.2) is 0 Å². The normalized spacial score (nSPS) is 23.1. The van der Waals surface area contributed by atoms with Crippen molar-refractivity contribution in [1.29, 1.82) is 0 Å². The van der Waals surface area contributed by atoms with Gasteiger partial charge in [0.25, 0.3) is 5.91 Å². The van der Waals surface area contributed by atoms with Crippen molar-refractivity contribution in [2.45, 2.75) is 24.1 Å². The lowest BCUT2D eigenvalue weighted by Gasteiger charge is -2.11. The third-order valence-electron chi connectivity index (χ3n) is 3.20. The fraction of sp³-hybridized carbons (Fsp3) is 0.462. The van der Waals surface area contributed by atoms with E-state index >= 15 is 0 Å². The summed E-state index contributed by atoms with van der Waals surface area (Å²) in [4.78, 5) is 12.6.